The molecule has 4 heteroatoms. The molecule has 1 aliphatic rings. The zero-order valence-corrected chi connectivity index (χ0v) is 14.9. The lowest BCUT2D eigenvalue weighted by Crippen LogP contribution is -2.29. The Hall–Kier alpha value is -1.94. The number of rotatable bonds is 5. The molecule has 2 aromatic carbocycles. The number of carbonyl (C=O) groups is 1. The Morgan fingerprint density at radius 1 is 1.04 bits per heavy atom. The van der Waals surface area contributed by atoms with Crippen LogP contribution in [0.5, 0.6) is 0 Å². The van der Waals surface area contributed by atoms with Crippen molar-refractivity contribution in [2.45, 2.75) is 31.1 Å². The van der Waals surface area contributed by atoms with Crippen LogP contribution in [0.25, 0.3) is 0 Å². The van der Waals surface area contributed by atoms with E-state index in [4.69, 9.17) is 0 Å². The summed E-state index contributed by atoms with van der Waals surface area (Å²) in [5.41, 5.74) is 2.80. The van der Waals surface area contributed by atoms with Gasteiger partial charge < -0.3 is 10.2 Å². The first-order valence-corrected chi connectivity index (χ1v) is 9.64. The SMILES string of the molecule is CCSc1ccccc1NC(=O)c1ccc(N2CCCCC2)cc1. The van der Waals surface area contributed by atoms with Crippen molar-refractivity contribution >= 4 is 29.0 Å². The maximum Gasteiger partial charge on any atom is 0.255 e. The molecule has 0 aliphatic carbocycles. The fourth-order valence-electron chi connectivity index (χ4n) is 3.02. The number of hydrogen-bond acceptors (Lipinski definition) is 3. The van der Waals surface area contributed by atoms with Gasteiger partial charge in [0.25, 0.3) is 5.91 Å². The van der Waals surface area contributed by atoms with Crippen LogP contribution in [-0.4, -0.2) is 24.7 Å². The highest BCUT2D eigenvalue weighted by Crippen LogP contribution is 2.27. The summed E-state index contributed by atoms with van der Waals surface area (Å²) in [6, 6.07) is 15.9. The fraction of sp³-hybridized carbons (Fsp3) is 0.350. The van der Waals surface area contributed by atoms with Gasteiger partial charge in [0, 0.05) is 29.2 Å². The van der Waals surface area contributed by atoms with Crippen LogP contribution >= 0.6 is 11.8 Å². The van der Waals surface area contributed by atoms with E-state index in [1.54, 1.807) is 11.8 Å². The van der Waals surface area contributed by atoms with Crippen molar-refractivity contribution in [3.63, 3.8) is 0 Å². The molecule has 24 heavy (non-hydrogen) atoms. The molecule has 0 aromatic heterocycles. The third kappa shape index (κ3) is 4.12. The van der Waals surface area contributed by atoms with Gasteiger partial charge in [0.05, 0.1) is 5.69 Å². The number of nitrogens with zero attached hydrogens (tertiary/aromatic N) is 1. The van der Waals surface area contributed by atoms with Gasteiger partial charge in [-0.1, -0.05) is 19.1 Å². The van der Waals surface area contributed by atoms with E-state index in [0.29, 0.717) is 5.56 Å². The van der Waals surface area contributed by atoms with Gasteiger partial charge >= 0.3 is 0 Å². The number of hydrogen-bond donors (Lipinski definition) is 1. The molecule has 1 saturated heterocycles. The summed E-state index contributed by atoms with van der Waals surface area (Å²) in [6.07, 6.45) is 3.84. The lowest BCUT2D eigenvalue weighted by atomic mass is 10.1. The molecule has 0 unspecified atom stereocenters. The number of amides is 1. The van der Waals surface area contributed by atoms with Crippen molar-refractivity contribution in [2.75, 3.05) is 29.1 Å². The summed E-state index contributed by atoms with van der Waals surface area (Å²) >= 11 is 1.74. The molecule has 1 N–H and O–H groups in total. The quantitative estimate of drug-likeness (QED) is 0.774. The van der Waals surface area contributed by atoms with Crippen LogP contribution in [-0.2, 0) is 0 Å². The molecular formula is C20H24N2OS. The van der Waals surface area contributed by atoms with Gasteiger partial charge in [-0.2, -0.15) is 0 Å². The second-order valence-electron chi connectivity index (χ2n) is 5.98. The summed E-state index contributed by atoms with van der Waals surface area (Å²) in [5.74, 6) is 0.932. The van der Waals surface area contributed by atoms with Crippen LogP contribution in [0.2, 0.25) is 0 Å². The van der Waals surface area contributed by atoms with Crippen molar-refractivity contribution < 1.29 is 4.79 Å². The largest absolute Gasteiger partial charge is 0.372 e. The molecule has 0 radical (unpaired) electrons. The van der Waals surface area contributed by atoms with Gasteiger partial charge in [-0.25, -0.2) is 0 Å². The molecule has 0 atom stereocenters. The van der Waals surface area contributed by atoms with Gasteiger partial charge in [0.15, 0.2) is 0 Å². The van der Waals surface area contributed by atoms with Crippen molar-refractivity contribution in [3.8, 4) is 0 Å². The highest BCUT2D eigenvalue weighted by molar-refractivity contribution is 7.99. The highest BCUT2D eigenvalue weighted by Gasteiger charge is 2.13. The zero-order valence-electron chi connectivity index (χ0n) is 14.1. The summed E-state index contributed by atoms with van der Waals surface area (Å²) < 4.78 is 0. The summed E-state index contributed by atoms with van der Waals surface area (Å²) in [5, 5.41) is 3.04. The lowest BCUT2D eigenvalue weighted by molar-refractivity contribution is 0.102. The molecule has 126 valence electrons. The minimum Gasteiger partial charge on any atom is -0.372 e. The van der Waals surface area contributed by atoms with Crippen LogP contribution in [0.4, 0.5) is 11.4 Å². The van der Waals surface area contributed by atoms with Crippen molar-refractivity contribution in [2.24, 2.45) is 0 Å². The Labute approximate surface area is 148 Å². The van der Waals surface area contributed by atoms with E-state index in [-0.39, 0.29) is 5.91 Å². The van der Waals surface area contributed by atoms with E-state index in [0.717, 1.165) is 29.4 Å². The van der Waals surface area contributed by atoms with E-state index in [2.05, 4.69) is 29.3 Å². The van der Waals surface area contributed by atoms with Gasteiger partial charge in [-0.05, 0) is 61.4 Å². The van der Waals surface area contributed by atoms with E-state index < -0.39 is 0 Å². The summed E-state index contributed by atoms with van der Waals surface area (Å²) in [4.78, 5) is 16.0. The number of carbonyl (C=O) groups excluding carboxylic acids is 1. The van der Waals surface area contributed by atoms with Crippen molar-refractivity contribution in [3.05, 3.63) is 54.1 Å². The monoisotopic (exact) mass is 340 g/mol. The highest BCUT2D eigenvalue weighted by atomic mass is 32.2. The molecule has 1 aliphatic heterocycles. The molecule has 3 rings (SSSR count). The Morgan fingerprint density at radius 3 is 2.46 bits per heavy atom. The summed E-state index contributed by atoms with van der Waals surface area (Å²) in [6.45, 7) is 4.35. The molecule has 0 spiro atoms. The Bertz CT molecular complexity index is 678. The second-order valence-corrected chi connectivity index (χ2v) is 7.28. The minimum atomic E-state index is -0.0515. The van der Waals surface area contributed by atoms with E-state index >= 15 is 0 Å². The first-order chi connectivity index (χ1) is 11.8. The van der Waals surface area contributed by atoms with Crippen LogP contribution in [0.3, 0.4) is 0 Å². The van der Waals surface area contributed by atoms with Gasteiger partial charge in [0.2, 0.25) is 0 Å². The summed E-state index contributed by atoms with van der Waals surface area (Å²) in [7, 11) is 0. The maximum absolute atomic E-state index is 12.5. The maximum atomic E-state index is 12.5. The first-order valence-electron chi connectivity index (χ1n) is 8.66. The molecule has 3 nitrogen and oxygen atoms in total. The number of anilines is 2. The molecule has 2 aromatic rings. The normalized spacial score (nSPS) is 14.5. The predicted molar refractivity (Wildman–Crippen MR) is 103 cm³/mol. The Balaban J connectivity index is 1.69. The number of benzene rings is 2. The van der Waals surface area contributed by atoms with Crippen LogP contribution < -0.4 is 10.2 Å². The predicted octanol–water partition coefficient (Wildman–Crippen LogP) is 5.04. The van der Waals surface area contributed by atoms with Gasteiger partial charge in [0.1, 0.15) is 0 Å². The smallest absolute Gasteiger partial charge is 0.255 e. The fourth-order valence-corrected chi connectivity index (χ4v) is 3.78. The number of para-hydroxylation sites is 1. The van der Waals surface area contributed by atoms with Crippen LogP contribution in [0.1, 0.15) is 36.5 Å². The van der Waals surface area contributed by atoms with Crippen molar-refractivity contribution in [1.29, 1.82) is 0 Å². The van der Waals surface area contributed by atoms with Crippen LogP contribution in [0.15, 0.2) is 53.4 Å². The van der Waals surface area contributed by atoms with E-state index in [9.17, 15) is 4.79 Å². The van der Waals surface area contributed by atoms with Gasteiger partial charge in [-0.15, -0.1) is 11.8 Å². The standard InChI is InChI=1S/C20H24N2OS/c1-2-24-19-9-5-4-8-18(19)21-20(23)16-10-12-17(13-11-16)22-14-6-3-7-15-22/h4-5,8-13H,2-3,6-7,14-15H2,1H3,(H,21,23). The molecular weight excluding hydrogens is 316 g/mol. The molecule has 1 heterocycles. The van der Waals surface area contributed by atoms with Crippen LogP contribution in [0, 0.1) is 0 Å². The third-order valence-electron chi connectivity index (χ3n) is 4.29. The second kappa shape index (κ2) is 8.25. The zero-order chi connectivity index (χ0) is 16.8. The molecule has 0 saturated carbocycles. The average Bonchev–Trinajstić information content (AvgIpc) is 2.64. The topological polar surface area (TPSA) is 32.3 Å². The Morgan fingerprint density at radius 2 is 1.75 bits per heavy atom. The number of piperidine rings is 1. The first kappa shape index (κ1) is 16.9. The third-order valence-corrected chi connectivity index (χ3v) is 5.24. The molecule has 1 amide bonds. The molecule has 0 bridgehead atoms. The number of nitrogens with one attached hydrogen (secondary N) is 1. The Kier molecular flexibility index (Phi) is 5.81. The average molecular weight is 340 g/mol. The van der Waals surface area contributed by atoms with E-state index in [1.165, 1.54) is 24.9 Å². The van der Waals surface area contributed by atoms with Gasteiger partial charge in [-0.3, -0.25) is 4.79 Å². The van der Waals surface area contributed by atoms with E-state index in [1.807, 2.05) is 36.4 Å². The minimum absolute atomic E-state index is 0.0515. The molecule has 1 fully saturated rings. The lowest BCUT2D eigenvalue weighted by Gasteiger charge is -2.28. The number of thioether (sulfide) groups is 1. The van der Waals surface area contributed by atoms with Crippen molar-refractivity contribution in [1.82, 2.24) is 0 Å².